The average molecular weight is 293 g/mol. The van der Waals surface area contributed by atoms with E-state index in [9.17, 15) is 0 Å². The zero-order valence-electron chi connectivity index (χ0n) is 12.6. The molecule has 0 amide bonds. The summed E-state index contributed by atoms with van der Waals surface area (Å²) in [6.45, 7) is 2.97. The van der Waals surface area contributed by atoms with Crippen LogP contribution in [0.2, 0.25) is 0 Å². The fourth-order valence-corrected chi connectivity index (χ4v) is 3.05. The molecule has 0 unspecified atom stereocenters. The van der Waals surface area contributed by atoms with Gasteiger partial charge in [-0.05, 0) is 37.5 Å². The van der Waals surface area contributed by atoms with Crippen molar-refractivity contribution in [2.24, 2.45) is 0 Å². The molecule has 112 valence electrons. The fraction of sp³-hybridized carbons (Fsp3) is 0.294. The number of nitrogens with two attached hydrogens (primary N) is 1. The second-order valence-corrected chi connectivity index (χ2v) is 6.07. The summed E-state index contributed by atoms with van der Waals surface area (Å²) < 4.78 is 1.79. The van der Waals surface area contributed by atoms with Gasteiger partial charge in [-0.25, -0.2) is 4.52 Å². The van der Waals surface area contributed by atoms with Crippen LogP contribution in [-0.4, -0.2) is 21.1 Å². The van der Waals surface area contributed by atoms with E-state index in [2.05, 4.69) is 51.8 Å². The molecule has 0 spiro atoms. The zero-order valence-corrected chi connectivity index (χ0v) is 12.6. The maximum absolute atomic E-state index is 5.68. The third-order valence-corrected chi connectivity index (χ3v) is 4.61. The summed E-state index contributed by atoms with van der Waals surface area (Å²) in [6, 6.07) is 14.8. The highest BCUT2D eigenvalue weighted by atomic mass is 15.3. The van der Waals surface area contributed by atoms with Gasteiger partial charge in [-0.1, -0.05) is 30.3 Å². The van der Waals surface area contributed by atoms with Crippen molar-refractivity contribution in [3.05, 3.63) is 53.7 Å². The van der Waals surface area contributed by atoms with Gasteiger partial charge in [0.2, 0.25) is 5.95 Å². The highest BCUT2D eigenvalue weighted by Crippen LogP contribution is 2.48. The van der Waals surface area contributed by atoms with Gasteiger partial charge >= 0.3 is 0 Å². The third kappa shape index (κ3) is 2.09. The highest BCUT2D eigenvalue weighted by Gasteiger charge is 2.43. The van der Waals surface area contributed by atoms with E-state index in [-0.39, 0.29) is 5.41 Å². The number of nitrogens with zero attached hydrogens (tertiary/aromatic N) is 3. The van der Waals surface area contributed by atoms with Gasteiger partial charge in [-0.2, -0.15) is 4.98 Å². The molecule has 1 aliphatic carbocycles. The number of nitrogens with one attached hydrogen (secondary N) is 1. The number of pyridine rings is 1. The number of anilines is 2. The minimum atomic E-state index is 0.282. The van der Waals surface area contributed by atoms with Crippen LogP contribution in [0.4, 0.5) is 11.6 Å². The molecular formula is C17H19N5. The Labute approximate surface area is 129 Å². The lowest BCUT2D eigenvalue weighted by Crippen LogP contribution is -2.20. The number of aryl methyl sites for hydroxylation is 1. The Bertz CT molecular complexity index is 818. The first-order valence-corrected chi connectivity index (χ1v) is 7.59. The highest BCUT2D eigenvalue weighted by molar-refractivity contribution is 5.56. The maximum Gasteiger partial charge on any atom is 0.240 e. The topological polar surface area (TPSA) is 68.2 Å². The van der Waals surface area contributed by atoms with Gasteiger partial charge in [0.25, 0.3) is 0 Å². The molecule has 5 nitrogen and oxygen atoms in total. The van der Waals surface area contributed by atoms with Crippen LogP contribution < -0.4 is 11.1 Å². The van der Waals surface area contributed by atoms with Crippen molar-refractivity contribution >= 4 is 17.3 Å². The molecule has 22 heavy (non-hydrogen) atoms. The molecule has 5 heteroatoms. The minimum Gasteiger partial charge on any atom is -0.383 e. The molecule has 2 aromatic heterocycles. The Morgan fingerprint density at radius 3 is 2.68 bits per heavy atom. The Balaban J connectivity index is 1.58. The predicted molar refractivity (Wildman–Crippen MR) is 88.0 cm³/mol. The quantitative estimate of drug-likeness (QED) is 0.776. The van der Waals surface area contributed by atoms with Crippen LogP contribution in [0.25, 0.3) is 5.65 Å². The number of hydrogen-bond donors (Lipinski definition) is 2. The monoisotopic (exact) mass is 293 g/mol. The van der Waals surface area contributed by atoms with Gasteiger partial charge in [-0.15, -0.1) is 5.10 Å². The number of aromatic nitrogens is 3. The van der Waals surface area contributed by atoms with E-state index in [0.29, 0.717) is 5.95 Å². The van der Waals surface area contributed by atoms with E-state index in [0.717, 1.165) is 23.6 Å². The summed E-state index contributed by atoms with van der Waals surface area (Å²) in [4.78, 5) is 4.19. The summed E-state index contributed by atoms with van der Waals surface area (Å²) in [6.07, 6.45) is 2.48. The molecule has 0 saturated heterocycles. The number of hydrogen-bond acceptors (Lipinski definition) is 4. The Morgan fingerprint density at radius 2 is 1.95 bits per heavy atom. The first kappa shape index (κ1) is 13.1. The van der Waals surface area contributed by atoms with E-state index in [1.54, 1.807) is 4.52 Å². The number of benzene rings is 1. The molecule has 1 aliphatic rings. The first-order chi connectivity index (χ1) is 10.7. The van der Waals surface area contributed by atoms with Crippen molar-refractivity contribution < 1.29 is 0 Å². The second kappa shape index (κ2) is 4.73. The molecule has 0 atom stereocenters. The summed E-state index contributed by atoms with van der Waals surface area (Å²) >= 11 is 0. The zero-order chi connectivity index (χ0) is 15.2. The molecule has 2 heterocycles. The van der Waals surface area contributed by atoms with Crippen LogP contribution in [0.3, 0.4) is 0 Å². The predicted octanol–water partition coefficient (Wildman–Crippen LogP) is 2.76. The SMILES string of the molecule is Cc1c(NCC2(c3ccccc3)CC2)ccc2nc(N)nn12. The van der Waals surface area contributed by atoms with Crippen LogP contribution in [0.15, 0.2) is 42.5 Å². The lowest BCUT2D eigenvalue weighted by Gasteiger charge is -2.18. The van der Waals surface area contributed by atoms with Crippen molar-refractivity contribution in [3.63, 3.8) is 0 Å². The van der Waals surface area contributed by atoms with Crippen molar-refractivity contribution in [1.29, 1.82) is 0 Å². The van der Waals surface area contributed by atoms with E-state index >= 15 is 0 Å². The van der Waals surface area contributed by atoms with Gasteiger partial charge in [0.1, 0.15) is 0 Å². The Kier molecular flexibility index (Phi) is 2.82. The second-order valence-electron chi connectivity index (χ2n) is 6.07. The van der Waals surface area contributed by atoms with Crippen LogP contribution in [0, 0.1) is 6.92 Å². The molecule has 0 bridgehead atoms. The smallest absolute Gasteiger partial charge is 0.240 e. The van der Waals surface area contributed by atoms with Crippen molar-refractivity contribution in [3.8, 4) is 0 Å². The normalized spacial score (nSPS) is 15.9. The van der Waals surface area contributed by atoms with E-state index in [1.165, 1.54) is 18.4 Å². The van der Waals surface area contributed by atoms with E-state index in [4.69, 9.17) is 5.73 Å². The minimum absolute atomic E-state index is 0.282. The van der Waals surface area contributed by atoms with Crippen LogP contribution in [-0.2, 0) is 5.41 Å². The average Bonchev–Trinajstić information content (AvgIpc) is 3.23. The Morgan fingerprint density at radius 1 is 1.18 bits per heavy atom. The number of fused-ring (bicyclic) bond motifs is 1. The lowest BCUT2D eigenvalue weighted by molar-refractivity contribution is 0.730. The van der Waals surface area contributed by atoms with Crippen molar-refractivity contribution in [2.75, 3.05) is 17.6 Å². The van der Waals surface area contributed by atoms with Crippen LogP contribution in [0.5, 0.6) is 0 Å². The molecule has 3 aromatic rings. The van der Waals surface area contributed by atoms with Gasteiger partial charge in [0, 0.05) is 12.0 Å². The summed E-state index contributed by atoms with van der Waals surface area (Å²) in [5.41, 5.74) is 10.3. The molecule has 1 aromatic carbocycles. The molecule has 0 radical (unpaired) electrons. The fourth-order valence-electron chi connectivity index (χ4n) is 3.05. The third-order valence-electron chi connectivity index (χ3n) is 4.61. The lowest BCUT2D eigenvalue weighted by atomic mass is 9.96. The first-order valence-electron chi connectivity index (χ1n) is 7.59. The Hall–Kier alpha value is -2.56. The summed E-state index contributed by atoms with van der Waals surface area (Å²) in [7, 11) is 0. The van der Waals surface area contributed by atoms with Crippen molar-refractivity contribution in [2.45, 2.75) is 25.2 Å². The number of rotatable bonds is 4. The largest absolute Gasteiger partial charge is 0.383 e. The summed E-state index contributed by atoms with van der Waals surface area (Å²) in [5.74, 6) is 0.309. The maximum atomic E-state index is 5.68. The van der Waals surface area contributed by atoms with E-state index < -0.39 is 0 Å². The molecular weight excluding hydrogens is 274 g/mol. The van der Waals surface area contributed by atoms with Crippen molar-refractivity contribution in [1.82, 2.24) is 14.6 Å². The van der Waals surface area contributed by atoms with Gasteiger partial charge in [0.15, 0.2) is 5.65 Å². The van der Waals surface area contributed by atoms with Crippen LogP contribution >= 0.6 is 0 Å². The number of nitrogen functional groups attached to an aromatic ring is 1. The van der Waals surface area contributed by atoms with Gasteiger partial charge < -0.3 is 11.1 Å². The molecule has 4 rings (SSSR count). The van der Waals surface area contributed by atoms with Gasteiger partial charge in [-0.3, -0.25) is 0 Å². The molecule has 1 saturated carbocycles. The molecule has 0 aliphatic heterocycles. The molecule has 1 fully saturated rings. The summed E-state index contributed by atoms with van der Waals surface area (Å²) in [5, 5.41) is 7.82. The standard InChI is InChI=1S/C17H19N5/c1-12-14(7-8-15-20-16(18)21-22(12)15)19-11-17(9-10-17)13-5-3-2-4-6-13/h2-8,19H,9-11H2,1H3,(H2,18,21). The van der Waals surface area contributed by atoms with E-state index in [1.807, 2.05) is 13.0 Å². The molecule has 3 N–H and O–H groups in total. The van der Waals surface area contributed by atoms with Gasteiger partial charge in [0.05, 0.1) is 11.4 Å². The van der Waals surface area contributed by atoms with Crippen LogP contribution in [0.1, 0.15) is 24.1 Å².